The molecule has 2 N–H and O–H groups in total. The van der Waals surface area contributed by atoms with Crippen LogP contribution in [0.1, 0.15) is 36.0 Å². The first-order valence-corrected chi connectivity index (χ1v) is 6.82. The van der Waals surface area contributed by atoms with Gasteiger partial charge in [0.25, 0.3) is 5.91 Å². The van der Waals surface area contributed by atoms with Crippen LogP contribution in [-0.4, -0.2) is 23.2 Å². The Morgan fingerprint density at radius 1 is 1.39 bits per heavy atom. The maximum atomic E-state index is 13.7. The summed E-state index contributed by atoms with van der Waals surface area (Å²) in [6.45, 7) is 0. The lowest BCUT2D eigenvalue weighted by Gasteiger charge is -2.28. The van der Waals surface area contributed by atoms with Crippen LogP contribution in [0, 0.1) is 5.82 Å². The molecule has 0 bridgehead atoms. The van der Waals surface area contributed by atoms with Crippen molar-refractivity contribution in [3.63, 3.8) is 0 Å². The number of amides is 1. The van der Waals surface area contributed by atoms with Crippen molar-refractivity contribution in [2.45, 2.75) is 37.8 Å². The lowest BCUT2D eigenvalue weighted by molar-refractivity contribution is 0.0714. The lowest BCUT2D eigenvalue weighted by atomic mass is 9.92. The molecule has 98 valence electrons. The number of aliphatic hydroxyl groups excluding tert-OH is 1. The van der Waals surface area contributed by atoms with Crippen molar-refractivity contribution in [2.24, 2.45) is 0 Å². The van der Waals surface area contributed by atoms with E-state index in [4.69, 9.17) is 0 Å². The zero-order valence-corrected chi connectivity index (χ0v) is 11.4. The number of hydrogen-bond donors (Lipinski definition) is 2. The van der Waals surface area contributed by atoms with Gasteiger partial charge in [-0.25, -0.2) is 4.39 Å². The van der Waals surface area contributed by atoms with Crippen LogP contribution in [-0.2, 0) is 0 Å². The normalized spacial score (nSPS) is 23.7. The molecule has 1 saturated carbocycles. The van der Waals surface area contributed by atoms with Crippen LogP contribution >= 0.6 is 15.9 Å². The molecule has 1 aliphatic carbocycles. The maximum absolute atomic E-state index is 13.7. The van der Waals surface area contributed by atoms with E-state index in [2.05, 4.69) is 21.2 Å². The molecule has 1 aliphatic rings. The van der Waals surface area contributed by atoms with E-state index in [-0.39, 0.29) is 16.1 Å². The predicted molar refractivity (Wildman–Crippen MR) is 69.8 cm³/mol. The van der Waals surface area contributed by atoms with Gasteiger partial charge in [0.15, 0.2) is 0 Å². The van der Waals surface area contributed by atoms with Crippen LogP contribution in [0.2, 0.25) is 0 Å². The number of aliphatic hydroxyl groups is 1. The monoisotopic (exact) mass is 315 g/mol. The molecule has 1 aromatic rings. The van der Waals surface area contributed by atoms with Crippen LogP contribution in [0.3, 0.4) is 0 Å². The summed E-state index contributed by atoms with van der Waals surface area (Å²) in [5.74, 6) is -1.04. The Hall–Kier alpha value is -0.940. The molecule has 18 heavy (non-hydrogen) atoms. The van der Waals surface area contributed by atoms with Crippen LogP contribution in [0.4, 0.5) is 4.39 Å². The number of nitrogens with one attached hydrogen (secondary N) is 1. The number of carbonyl (C=O) groups excluding carboxylic acids is 1. The topological polar surface area (TPSA) is 49.3 Å². The SMILES string of the molecule is O=C(N[C@@H]1CCCC[C@H]1O)c1cccc(Br)c1F. The summed E-state index contributed by atoms with van der Waals surface area (Å²) in [5.41, 5.74) is 0.00199. The van der Waals surface area contributed by atoms with Gasteiger partial charge in [-0.2, -0.15) is 0 Å². The second-order valence-corrected chi connectivity index (χ2v) is 5.39. The van der Waals surface area contributed by atoms with Crippen LogP contribution in [0.5, 0.6) is 0 Å². The Bertz CT molecular complexity index is 453. The largest absolute Gasteiger partial charge is 0.391 e. The molecular formula is C13H15BrFNO2. The van der Waals surface area contributed by atoms with E-state index in [0.717, 1.165) is 19.3 Å². The first-order chi connectivity index (χ1) is 8.59. The second-order valence-electron chi connectivity index (χ2n) is 4.53. The average molecular weight is 316 g/mol. The van der Waals surface area contributed by atoms with Gasteiger partial charge in [0.2, 0.25) is 0 Å². The molecule has 1 fully saturated rings. The van der Waals surface area contributed by atoms with Gasteiger partial charge in [-0.3, -0.25) is 4.79 Å². The van der Waals surface area contributed by atoms with Crippen molar-refractivity contribution in [1.29, 1.82) is 0 Å². The minimum Gasteiger partial charge on any atom is -0.391 e. The quantitative estimate of drug-likeness (QED) is 0.881. The highest BCUT2D eigenvalue weighted by atomic mass is 79.9. The van der Waals surface area contributed by atoms with Crippen LogP contribution < -0.4 is 5.32 Å². The first kappa shape index (κ1) is 13.5. The molecule has 0 aromatic heterocycles. The zero-order chi connectivity index (χ0) is 13.1. The predicted octanol–water partition coefficient (Wildman–Crippen LogP) is 2.62. The van der Waals surface area contributed by atoms with Gasteiger partial charge in [0, 0.05) is 0 Å². The third-order valence-electron chi connectivity index (χ3n) is 3.24. The molecule has 3 nitrogen and oxygen atoms in total. The fourth-order valence-electron chi connectivity index (χ4n) is 2.20. The Morgan fingerprint density at radius 3 is 2.83 bits per heavy atom. The molecule has 0 heterocycles. The van der Waals surface area contributed by atoms with Gasteiger partial charge in [-0.15, -0.1) is 0 Å². The van der Waals surface area contributed by atoms with Gasteiger partial charge in [-0.05, 0) is 40.9 Å². The van der Waals surface area contributed by atoms with E-state index >= 15 is 0 Å². The van der Waals surface area contributed by atoms with E-state index in [1.165, 1.54) is 6.07 Å². The molecule has 0 unspecified atom stereocenters. The van der Waals surface area contributed by atoms with Gasteiger partial charge >= 0.3 is 0 Å². The summed E-state index contributed by atoms with van der Waals surface area (Å²) < 4.78 is 14.0. The summed E-state index contributed by atoms with van der Waals surface area (Å²) in [6, 6.07) is 4.32. The fourth-order valence-corrected chi connectivity index (χ4v) is 2.57. The molecule has 0 spiro atoms. The lowest BCUT2D eigenvalue weighted by Crippen LogP contribution is -2.45. The molecule has 0 aliphatic heterocycles. The van der Waals surface area contributed by atoms with Gasteiger partial charge in [-0.1, -0.05) is 18.9 Å². The molecule has 2 atom stereocenters. The smallest absolute Gasteiger partial charge is 0.254 e. The highest BCUT2D eigenvalue weighted by Crippen LogP contribution is 2.21. The van der Waals surface area contributed by atoms with Gasteiger partial charge in [0.1, 0.15) is 5.82 Å². The van der Waals surface area contributed by atoms with Crippen LogP contribution in [0.25, 0.3) is 0 Å². The second kappa shape index (κ2) is 5.80. The number of carbonyl (C=O) groups is 1. The van der Waals surface area contributed by atoms with Gasteiger partial charge < -0.3 is 10.4 Å². The van der Waals surface area contributed by atoms with Crippen molar-refractivity contribution >= 4 is 21.8 Å². The molecule has 0 radical (unpaired) electrons. The standard InChI is InChI=1S/C13H15BrFNO2/c14-9-5-3-4-8(12(9)15)13(18)16-10-6-1-2-7-11(10)17/h3-5,10-11,17H,1-2,6-7H2,(H,16,18)/t10-,11-/m1/s1. The summed E-state index contributed by atoms with van der Waals surface area (Å²) in [5, 5.41) is 12.5. The highest BCUT2D eigenvalue weighted by molar-refractivity contribution is 9.10. The van der Waals surface area contributed by atoms with Crippen molar-refractivity contribution < 1.29 is 14.3 Å². The molecule has 1 aromatic carbocycles. The molecular weight excluding hydrogens is 301 g/mol. The third-order valence-corrected chi connectivity index (χ3v) is 3.85. The third kappa shape index (κ3) is 2.90. The van der Waals surface area contributed by atoms with Crippen molar-refractivity contribution in [2.75, 3.05) is 0 Å². The minimum absolute atomic E-state index is 0.00199. The Morgan fingerprint density at radius 2 is 2.11 bits per heavy atom. The van der Waals surface area contributed by atoms with E-state index in [0.29, 0.717) is 6.42 Å². The van der Waals surface area contributed by atoms with Crippen molar-refractivity contribution in [1.82, 2.24) is 5.32 Å². The molecule has 1 amide bonds. The number of benzene rings is 1. The Balaban J connectivity index is 2.09. The Labute approximate surface area is 114 Å². The van der Waals surface area contributed by atoms with E-state index in [1.807, 2.05) is 0 Å². The molecule has 0 saturated heterocycles. The van der Waals surface area contributed by atoms with E-state index in [9.17, 15) is 14.3 Å². The summed E-state index contributed by atoms with van der Waals surface area (Å²) in [4.78, 5) is 11.9. The molecule has 2 rings (SSSR count). The average Bonchev–Trinajstić information content (AvgIpc) is 2.35. The van der Waals surface area contributed by atoms with Gasteiger partial charge in [0.05, 0.1) is 22.2 Å². The zero-order valence-electron chi connectivity index (χ0n) is 9.83. The summed E-state index contributed by atoms with van der Waals surface area (Å²) in [6.07, 6.45) is 2.84. The molecule has 5 heteroatoms. The number of halogens is 2. The number of hydrogen-bond acceptors (Lipinski definition) is 2. The van der Waals surface area contributed by atoms with Crippen LogP contribution in [0.15, 0.2) is 22.7 Å². The summed E-state index contributed by atoms with van der Waals surface area (Å²) >= 11 is 3.05. The summed E-state index contributed by atoms with van der Waals surface area (Å²) in [7, 11) is 0. The van der Waals surface area contributed by atoms with E-state index < -0.39 is 17.8 Å². The Kier molecular flexibility index (Phi) is 4.35. The van der Waals surface area contributed by atoms with Crippen molar-refractivity contribution in [3.8, 4) is 0 Å². The highest BCUT2D eigenvalue weighted by Gasteiger charge is 2.25. The number of rotatable bonds is 2. The van der Waals surface area contributed by atoms with Crippen molar-refractivity contribution in [3.05, 3.63) is 34.1 Å². The maximum Gasteiger partial charge on any atom is 0.254 e. The minimum atomic E-state index is -0.569. The first-order valence-electron chi connectivity index (χ1n) is 6.02. The fraction of sp³-hybridized carbons (Fsp3) is 0.462. The van der Waals surface area contributed by atoms with E-state index in [1.54, 1.807) is 12.1 Å².